The average molecular weight is 407 g/mol. The van der Waals surface area contributed by atoms with E-state index in [9.17, 15) is 0 Å². The SMILES string of the molecule is CC1(Oc2ccc3[nH]nc(-c4cc(N5CCN(C(C)(C)C)CC5)ncn4)c3c2)CC1. The molecule has 7 heteroatoms. The average Bonchev–Trinajstić information content (AvgIpc) is 3.30. The van der Waals surface area contributed by atoms with Gasteiger partial charge in [-0.25, -0.2) is 9.97 Å². The molecule has 1 N–H and O–H groups in total. The third-order valence-electron chi connectivity index (χ3n) is 6.30. The molecule has 30 heavy (non-hydrogen) atoms. The number of nitrogens with zero attached hydrogens (tertiary/aromatic N) is 5. The summed E-state index contributed by atoms with van der Waals surface area (Å²) in [6.07, 6.45) is 3.87. The van der Waals surface area contributed by atoms with Gasteiger partial charge in [0.05, 0.1) is 11.2 Å². The van der Waals surface area contributed by atoms with Crippen LogP contribution in [0.5, 0.6) is 5.75 Å². The van der Waals surface area contributed by atoms with E-state index in [-0.39, 0.29) is 11.1 Å². The maximum atomic E-state index is 6.15. The molecule has 1 aliphatic carbocycles. The van der Waals surface area contributed by atoms with Crippen LogP contribution in [0.25, 0.3) is 22.3 Å². The zero-order valence-corrected chi connectivity index (χ0v) is 18.3. The van der Waals surface area contributed by atoms with Gasteiger partial charge in [-0.15, -0.1) is 0 Å². The minimum absolute atomic E-state index is 0.00510. The third-order valence-corrected chi connectivity index (χ3v) is 6.30. The molecule has 0 atom stereocenters. The number of nitrogens with one attached hydrogen (secondary N) is 1. The summed E-state index contributed by atoms with van der Waals surface area (Å²) in [7, 11) is 0. The summed E-state index contributed by atoms with van der Waals surface area (Å²) in [4.78, 5) is 13.9. The number of hydrogen-bond donors (Lipinski definition) is 1. The van der Waals surface area contributed by atoms with Crippen LogP contribution in [-0.2, 0) is 0 Å². The van der Waals surface area contributed by atoms with Gasteiger partial charge in [0, 0.05) is 43.2 Å². The Morgan fingerprint density at radius 1 is 1.03 bits per heavy atom. The molecule has 1 saturated heterocycles. The second kappa shape index (κ2) is 6.94. The van der Waals surface area contributed by atoms with Crippen LogP contribution in [0.1, 0.15) is 40.5 Å². The zero-order valence-electron chi connectivity index (χ0n) is 18.3. The van der Waals surface area contributed by atoms with E-state index in [0.29, 0.717) is 0 Å². The lowest BCUT2D eigenvalue weighted by molar-refractivity contribution is 0.128. The van der Waals surface area contributed by atoms with Crippen molar-refractivity contribution >= 4 is 16.7 Å². The highest BCUT2D eigenvalue weighted by Gasteiger charge is 2.40. The number of ether oxygens (including phenoxy) is 1. The van der Waals surface area contributed by atoms with Crippen molar-refractivity contribution in [2.45, 2.75) is 51.7 Å². The number of aromatic nitrogens is 4. The molecule has 158 valence electrons. The van der Waals surface area contributed by atoms with Crippen LogP contribution in [0.2, 0.25) is 0 Å². The quantitative estimate of drug-likeness (QED) is 0.709. The molecular weight excluding hydrogens is 376 g/mol. The predicted molar refractivity (Wildman–Crippen MR) is 119 cm³/mol. The van der Waals surface area contributed by atoms with Gasteiger partial charge in [-0.05, 0) is 58.7 Å². The molecule has 1 aliphatic heterocycles. The summed E-state index contributed by atoms with van der Waals surface area (Å²) in [6.45, 7) is 13.0. The molecule has 2 fully saturated rings. The maximum Gasteiger partial charge on any atom is 0.132 e. The number of benzene rings is 1. The first-order chi connectivity index (χ1) is 14.3. The Hall–Kier alpha value is -2.67. The fraction of sp³-hybridized carbons (Fsp3) is 0.522. The van der Waals surface area contributed by atoms with Crippen LogP contribution in [-0.4, -0.2) is 62.4 Å². The number of fused-ring (bicyclic) bond motifs is 1. The molecule has 0 amide bonds. The van der Waals surface area contributed by atoms with Crippen molar-refractivity contribution in [1.82, 2.24) is 25.1 Å². The van der Waals surface area contributed by atoms with E-state index >= 15 is 0 Å². The monoisotopic (exact) mass is 406 g/mol. The van der Waals surface area contributed by atoms with Crippen molar-refractivity contribution in [3.63, 3.8) is 0 Å². The van der Waals surface area contributed by atoms with Crippen molar-refractivity contribution in [3.05, 3.63) is 30.6 Å². The standard InChI is InChI=1S/C23H30N6O/c1-22(2,3)29-11-9-28(10-12-29)20-14-19(24-15-25-20)21-17-13-16(30-23(4)7-8-23)5-6-18(17)26-27-21/h5-6,13-15H,7-12H2,1-4H3,(H,26,27). The largest absolute Gasteiger partial charge is 0.488 e. The van der Waals surface area contributed by atoms with Crippen LogP contribution < -0.4 is 9.64 Å². The first-order valence-electron chi connectivity index (χ1n) is 10.8. The summed E-state index contributed by atoms with van der Waals surface area (Å²) in [5.74, 6) is 1.85. The van der Waals surface area contributed by atoms with E-state index in [4.69, 9.17) is 4.74 Å². The van der Waals surface area contributed by atoms with Crippen LogP contribution >= 0.6 is 0 Å². The second-order valence-corrected chi connectivity index (χ2v) is 9.74. The molecule has 7 nitrogen and oxygen atoms in total. The van der Waals surface area contributed by atoms with Gasteiger partial charge < -0.3 is 9.64 Å². The van der Waals surface area contributed by atoms with Crippen LogP contribution in [0.3, 0.4) is 0 Å². The summed E-state index contributed by atoms with van der Waals surface area (Å²) in [6, 6.07) is 8.16. The summed E-state index contributed by atoms with van der Waals surface area (Å²) in [5, 5.41) is 8.71. The van der Waals surface area contributed by atoms with Gasteiger partial charge in [-0.1, -0.05) is 0 Å². The van der Waals surface area contributed by atoms with Gasteiger partial charge in [-0.2, -0.15) is 5.10 Å². The fourth-order valence-corrected chi connectivity index (χ4v) is 4.07. The van der Waals surface area contributed by atoms with E-state index < -0.39 is 0 Å². The Morgan fingerprint density at radius 3 is 2.50 bits per heavy atom. The molecule has 1 aromatic carbocycles. The van der Waals surface area contributed by atoms with Crippen LogP contribution in [0.15, 0.2) is 30.6 Å². The minimum Gasteiger partial charge on any atom is -0.488 e. The molecule has 2 aromatic heterocycles. The number of anilines is 1. The van der Waals surface area contributed by atoms with E-state index in [0.717, 1.165) is 72.9 Å². The number of aromatic amines is 1. The molecular formula is C23H30N6O. The predicted octanol–water partition coefficient (Wildman–Crippen LogP) is 3.87. The van der Waals surface area contributed by atoms with Gasteiger partial charge in [0.2, 0.25) is 0 Å². The van der Waals surface area contributed by atoms with E-state index in [1.54, 1.807) is 6.33 Å². The number of hydrogen-bond acceptors (Lipinski definition) is 6. The zero-order chi connectivity index (χ0) is 20.9. The highest BCUT2D eigenvalue weighted by Crippen LogP contribution is 2.40. The first-order valence-corrected chi connectivity index (χ1v) is 10.8. The van der Waals surface area contributed by atoms with Crippen LogP contribution in [0.4, 0.5) is 5.82 Å². The molecule has 0 radical (unpaired) electrons. The third kappa shape index (κ3) is 3.74. The number of piperazine rings is 1. The Labute approximate surface area is 177 Å². The molecule has 0 spiro atoms. The Balaban J connectivity index is 1.40. The molecule has 0 bridgehead atoms. The highest BCUT2D eigenvalue weighted by molar-refractivity contribution is 5.93. The van der Waals surface area contributed by atoms with Crippen molar-refractivity contribution < 1.29 is 4.74 Å². The molecule has 0 unspecified atom stereocenters. The molecule has 1 saturated carbocycles. The van der Waals surface area contributed by atoms with Gasteiger partial charge in [0.1, 0.15) is 29.2 Å². The van der Waals surface area contributed by atoms with Crippen molar-refractivity contribution in [3.8, 4) is 17.1 Å². The lowest BCUT2D eigenvalue weighted by Gasteiger charge is -2.42. The summed E-state index contributed by atoms with van der Waals surface area (Å²) < 4.78 is 6.15. The molecule has 2 aliphatic rings. The lowest BCUT2D eigenvalue weighted by Crippen LogP contribution is -2.53. The normalized spacial score (nSPS) is 19.3. The minimum atomic E-state index is -0.00510. The Kier molecular flexibility index (Phi) is 4.47. The number of rotatable bonds is 4. The van der Waals surface area contributed by atoms with Gasteiger partial charge in [0.25, 0.3) is 0 Å². The molecule has 5 rings (SSSR count). The second-order valence-electron chi connectivity index (χ2n) is 9.74. The van der Waals surface area contributed by atoms with Crippen molar-refractivity contribution in [2.24, 2.45) is 0 Å². The molecule has 3 aromatic rings. The van der Waals surface area contributed by atoms with E-state index in [1.807, 2.05) is 12.1 Å². The van der Waals surface area contributed by atoms with Crippen molar-refractivity contribution in [1.29, 1.82) is 0 Å². The van der Waals surface area contributed by atoms with Crippen molar-refractivity contribution in [2.75, 3.05) is 31.1 Å². The van der Waals surface area contributed by atoms with Gasteiger partial charge >= 0.3 is 0 Å². The lowest BCUT2D eigenvalue weighted by atomic mass is 10.0. The Bertz CT molecular complexity index is 1060. The fourth-order valence-electron chi connectivity index (χ4n) is 4.07. The topological polar surface area (TPSA) is 70.2 Å². The van der Waals surface area contributed by atoms with E-state index in [2.05, 4.69) is 69.8 Å². The van der Waals surface area contributed by atoms with Gasteiger partial charge in [0.15, 0.2) is 0 Å². The Morgan fingerprint density at radius 2 is 1.80 bits per heavy atom. The van der Waals surface area contributed by atoms with E-state index in [1.165, 1.54) is 0 Å². The molecule has 3 heterocycles. The summed E-state index contributed by atoms with van der Waals surface area (Å²) in [5.41, 5.74) is 2.85. The smallest absolute Gasteiger partial charge is 0.132 e. The van der Waals surface area contributed by atoms with Crippen LogP contribution in [0, 0.1) is 0 Å². The maximum absolute atomic E-state index is 6.15. The van der Waals surface area contributed by atoms with Gasteiger partial charge in [-0.3, -0.25) is 10.00 Å². The number of H-pyrrole nitrogens is 1. The highest BCUT2D eigenvalue weighted by atomic mass is 16.5. The first kappa shape index (κ1) is 19.3. The summed E-state index contributed by atoms with van der Waals surface area (Å²) >= 11 is 0.